The van der Waals surface area contributed by atoms with Crippen molar-refractivity contribution in [2.75, 3.05) is 7.11 Å². The number of aromatic nitrogens is 4. The zero-order chi connectivity index (χ0) is 23.2. The van der Waals surface area contributed by atoms with Crippen molar-refractivity contribution >= 4 is 17.0 Å². The van der Waals surface area contributed by atoms with Gasteiger partial charge >= 0.3 is 11.7 Å². The number of pyridine rings is 1. The highest BCUT2D eigenvalue weighted by Gasteiger charge is 2.22. The first-order valence-corrected chi connectivity index (χ1v) is 9.94. The van der Waals surface area contributed by atoms with Crippen molar-refractivity contribution < 1.29 is 13.9 Å². The van der Waals surface area contributed by atoms with Crippen molar-refractivity contribution in [2.24, 2.45) is 7.05 Å². The first kappa shape index (κ1) is 21.2. The number of aryl methyl sites for hydroxylation is 4. The van der Waals surface area contributed by atoms with Crippen LogP contribution >= 0.6 is 0 Å². The standard InChI is InChI=1S/C23H22N4O5/c1-12-7-6-8-15(9-12)20-25-17(14(3)32-20)11-27-21(28)18-16(22(29)31-5)10-13(2)24-19(18)26(4)23(27)30/h6-10H,11H2,1-5H3. The zero-order valence-electron chi connectivity index (χ0n) is 18.4. The number of carbonyl (C=O) groups excluding carboxylic acids is 1. The number of oxazole rings is 1. The van der Waals surface area contributed by atoms with E-state index in [0.717, 1.165) is 15.7 Å². The number of methoxy groups -OCH3 is 1. The van der Waals surface area contributed by atoms with Gasteiger partial charge in [-0.25, -0.2) is 19.6 Å². The lowest BCUT2D eigenvalue weighted by atomic mass is 10.1. The van der Waals surface area contributed by atoms with E-state index in [0.29, 0.717) is 23.0 Å². The van der Waals surface area contributed by atoms with Gasteiger partial charge in [0, 0.05) is 18.3 Å². The maximum atomic E-state index is 13.3. The van der Waals surface area contributed by atoms with E-state index in [1.165, 1.54) is 24.8 Å². The minimum absolute atomic E-state index is 0.0182. The fourth-order valence-electron chi connectivity index (χ4n) is 3.64. The van der Waals surface area contributed by atoms with Gasteiger partial charge in [-0.05, 0) is 39.0 Å². The molecule has 0 bridgehead atoms. The molecule has 9 nitrogen and oxygen atoms in total. The maximum Gasteiger partial charge on any atom is 0.338 e. The Morgan fingerprint density at radius 3 is 2.56 bits per heavy atom. The topological polar surface area (TPSA) is 109 Å². The summed E-state index contributed by atoms with van der Waals surface area (Å²) < 4.78 is 12.9. The highest BCUT2D eigenvalue weighted by atomic mass is 16.5. The van der Waals surface area contributed by atoms with Crippen LogP contribution < -0.4 is 11.2 Å². The van der Waals surface area contributed by atoms with E-state index in [2.05, 4.69) is 9.97 Å². The van der Waals surface area contributed by atoms with E-state index in [4.69, 9.17) is 9.15 Å². The molecule has 0 aliphatic rings. The summed E-state index contributed by atoms with van der Waals surface area (Å²) >= 11 is 0. The van der Waals surface area contributed by atoms with Crippen molar-refractivity contribution in [1.82, 2.24) is 19.1 Å². The average molecular weight is 434 g/mol. The van der Waals surface area contributed by atoms with Crippen LogP contribution in [0.1, 0.15) is 33.1 Å². The summed E-state index contributed by atoms with van der Waals surface area (Å²) in [6.07, 6.45) is 0. The lowest BCUT2D eigenvalue weighted by Crippen LogP contribution is -2.40. The predicted molar refractivity (Wildman–Crippen MR) is 118 cm³/mol. The molecule has 0 unspecified atom stereocenters. The van der Waals surface area contributed by atoms with Crippen LogP contribution in [0.4, 0.5) is 0 Å². The number of fused-ring (bicyclic) bond motifs is 1. The van der Waals surface area contributed by atoms with Crippen LogP contribution in [0.2, 0.25) is 0 Å². The molecule has 32 heavy (non-hydrogen) atoms. The molecule has 0 aliphatic carbocycles. The van der Waals surface area contributed by atoms with E-state index in [-0.39, 0.29) is 23.1 Å². The Morgan fingerprint density at radius 1 is 1.12 bits per heavy atom. The summed E-state index contributed by atoms with van der Waals surface area (Å²) in [7, 11) is 2.73. The highest BCUT2D eigenvalue weighted by molar-refractivity contribution is 6.02. The summed E-state index contributed by atoms with van der Waals surface area (Å²) in [4.78, 5) is 47.5. The molecule has 4 aromatic rings. The first-order valence-electron chi connectivity index (χ1n) is 9.94. The van der Waals surface area contributed by atoms with Gasteiger partial charge in [-0.3, -0.25) is 13.9 Å². The van der Waals surface area contributed by atoms with Gasteiger partial charge in [0.1, 0.15) is 17.1 Å². The number of carbonyl (C=O) groups is 1. The lowest BCUT2D eigenvalue weighted by Gasteiger charge is -2.12. The molecule has 0 saturated heterocycles. The highest BCUT2D eigenvalue weighted by Crippen LogP contribution is 2.23. The van der Waals surface area contributed by atoms with E-state index in [9.17, 15) is 14.4 Å². The van der Waals surface area contributed by atoms with Crippen molar-refractivity contribution in [3.8, 4) is 11.5 Å². The SMILES string of the molecule is COC(=O)c1cc(C)nc2c1c(=O)n(Cc1nc(-c3cccc(C)c3)oc1C)c(=O)n2C. The van der Waals surface area contributed by atoms with E-state index in [1.54, 1.807) is 13.8 Å². The first-order chi connectivity index (χ1) is 15.2. The summed E-state index contributed by atoms with van der Waals surface area (Å²) in [5, 5.41) is 0.0182. The van der Waals surface area contributed by atoms with Gasteiger partial charge in [0.25, 0.3) is 5.56 Å². The number of esters is 1. The van der Waals surface area contributed by atoms with E-state index < -0.39 is 17.2 Å². The molecule has 0 saturated carbocycles. The Hall–Kier alpha value is -4.01. The van der Waals surface area contributed by atoms with Crippen LogP contribution in [0.15, 0.2) is 44.3 Å². The molecule has 4 rings (SSSR count). The van der Waals surface area contributed by atoms with Crippen molar-refractivity contribution in [3.63, 3.8) is 0 Å². The largest absolute Gasteiger partial charge is 0.465 e. The predicted octanol–water partition coefficient (Wildman–Crippen LogP) is 2.51. The molecule has 1 aromatic carbocycles. The van der Waals surface area contributed by atoms with Crippen LogP contribution in [0.5, 0.6) is 0 Å². The number of ether oxygens (including phenoxy) is 1. The van der Waals surface area contributed by atoms with Gasteiger partial charge in [-0.2, -0.15) is 0 Å². The molecule has 164 valence electrons. The molecule has 0 spiro atoms. The third kappa shape index (κ3) is 3.51. The molecule has 3 aromatic heterocycles. The molecule has 0 atom stereocenters. The fourth-order valence-corrected chi connectivity index (χ4v) is 3.64. The van der Waals surface area contributed by atoms with Gasteiger partial charge in [-0.15, -0.1) is 0 Å². The lowest BCUT2D eigenvalue weighted by molar-refractivity contribution is 0.0602. The summed E-state index contributed by atoms with van der Waals surface area (Å²) in [5.41, 5.74) is 1.74. The van der Waals surface area contributed by atoms with Crippen LogP contribution in [0.3, 0.4) is 0 Å². The fraction of sp³-hybridized carbons (Fsp3) is 0.261. The smallest absolute Gasteiger partial charge is 0.338 e. The maximum absolute atomic E-state index is 13.3. The van der Waals surface area contributed by atoms with Gasteiger partial charge in [0.15, 0.2) is 0 Å². The molecular weight excluding hydrogens is 412 g/mol. The third-order valence-corrected chi connectivity index (χ3v) is 5.29. The second-order valence-corrected chi connectivity index (χ2v) is 7.63. The molecule has 0 aliphatic heterocycles. The normalized spacial score (nSPS) is 11.2. The molecule has 9 heteroatoms. The van der Waals surface area contributed by atoms with Crippen molar-refractivity contribution in [2.45, 2.75) is 27.3 Å². The Balaban J connectivity index is 1.90. The molecule has 3 heterocycles. The Morgan fingerprint density at radius 2 is 1.88 bits per heavy atom. The monoisotopic (exact) mass is 434 g/mol. The number of hydrogen-bond acceptors (Lipinski definition) is 7. The number of benzene rings is 1. The minimum Gasteiger partial charge on any atom is -0.465 e. The van der Waals surface area contributed by atoms with Gasteiger partial charge in [0.2, 0.25) is 5.89 Å². The average Bonchev–Trinajstić information content (AvgIpc) is 3.14. The second kappa shape index (κ2) is 7.92. The second-order valence-electron chi connectivity index (χ2n) is 7.63. The Bertz CT molecular complexity index is 1490. The van der Waals surface area contributed by atoms with Crippen LogP contribution in [-0.4, -0.2) is 32.2 Å². The van der Waals surface area contributed by atoms with Gasteiger partial charge in [0.05, 0.1) is 24.6 Å². The van der Waals surface area contributed by atoms with Gasteiger partial charge in [-0.1, -0.05) is 17.7 Å². The van der Waals surface area contributed by atoms with E-state index in [1.807, 2.05) is 31.2 Å². The summed E-state index contributed by atoms with van der Waals surface area (Å²) in [5.74, 6) is 0.215. The summed E-state index contributed by atoms with van der Waals surface area (Å²) in [6, 6.07) is 9.15. The Kier molecular flexibility index (Phi) is 5.25. The quantitative estimate of drug-likeness (QED) is 0.454. The number of rotatable bonds is 4. The van der Waals surface area contributed by atoms with Crippen molar-refractivity contribution in [1.29, 1.82) is 0 Å². The number of hydrogen-bond donors (Lipinski definition) is 0. The van der Waals surface area contributed by atoms with Crippen LogP contribution in [-0.2, 0) is 18.3 Å². The Labute approximate surface area is 182 Å². The minimum atomic E-state index is -0.679. The van der Waals surface area contributed by atoms with E-state index >= 15 is 0 Å². The van der Waals surface area contributed by atoms with Crippen LogP contribution in [0.25, 0.3) is 22.5 Å². The molecule has 0 amide bonds. The third-order valence-electron chi connectivity index (χ3n) is 5.29. The molecule has 0 radical (unpaired) electrons. The van der Waals surface area contributed by atoms with Crippen LogP contribution in [0, 0.1) is 20.8 Å². The summed E-state index contributed by atoms with van der Waals surface area (Å²) in [6.45, 7) is 5.25. The van der Waals surface area contributed by atoms with Crippen molar-refractivity contribution in [3.05, 3.63) is 79.4 Å². The number of nitrogens with zero attached hydrogens (tertiary/aromatic N) is 4. The molecular formula is C23H22N4O5. The zero-order valence-corrected chi connectivity index (χ0v) is 18.4. The van der Waals surface area contributed by atoms with Gasteiger partial charge < -0.3 is 9.15 Å². The molecule has 0 N–H and O–H groups in total. The molecule has 0 fully saturated rings.